The zero-order valence-corrected chi connectivity index (χ0v) is 19.7. The Balaban J connectivity index is 1.36. The molecule has 1 aliphatic rings. The molecule has 4 aromatic rings. The Labute approximate surface area is 206 Å². The van der Waals surface area contributed by atoms with Crippen molar-refractivity contribution in [1.82, 2.24) is 5.32 Å². The molecule has 4 aromatic carbocycles. The molecule has 1 unspecified atom stereocenters. The molecule has 3 nitrogen and oxygen atoms in total. The van der Waals surface area contributed by atoms with Gasteiger partial charge in [0.25, 0.3) is 0 Å². The van der Waals surface area contributed by atoms with Gasteiger partial charge in [0.15, 0.2) is 0 Å². The summed E-state index contributed by atoms with van der Waals surface area (Å²) in [7, 11) is 0. The number of amides is 1. The van der Waals surface area contributed by atoms with Crippen LogP contribution in [0.15, 0.2) is 103 Å². The molecule has 35 heavy (non-hydrogen) atoms. The summed E-state index contributed by atoms with van der Waals surface area (Å²) in [6, 6.07) is 33.6. The summed E-state index contributed by atoms with van der Waals surface area (Å²) in [5, 5.41) is 3.28. The highest BCUT2D eigenvalue weighted by molar-refractivity contribution is 5.77. The highest BCUT2D eigenvalue weighted by Crippen LogP contribution is 2.33. The molecule has 5 rings (SSSR count). The summed E-state index contributed by atoms with van der Waals surface area (Å²) >= 11 is 0. The van der Waals surface area contributed by atoms with Gasteiger partial charge in [-0.05, 0) is 64.9 Å². The van der Waals surface area contributed by atoms with Crippen LogP contribution in [0.1, 0.15) is 23.1 Å². The fourth-order valence-electron chi connectivity index (χ4n) is 4.83. The van der Waals surface area contributed by atoms with Gasteiger partial charge in [-0.3, -0.25) is 4.79 Å². The number of rotatable bonds is 7. The van der Waals surface area contributed by atoms with Crippen LogP contribution in [0.4, 0.5) is 10.1 Å². The maximum atomic E-state index is 13.4. The number of halogens is 1. The number of anilines is 1. The minimum atomic E-state index is -0.237. The molecule has 0 radical (unpaired) electrons. The molecule has 0 saturated heterocycles. The fraction of sp³-hybridized carbons (Fsp3) is 0.194. The molecule has 4 heteroatoms. The van der Waals surface area contributed by atoms with Crippen LogP contribution in [0.25, 0.3) is 11.1 Å². The zero-order valence-electron chi connectivity index (χ0n) is 19.7. The number of carbonyl (C=O) groups is 1. The third-order valence-electron chi connectivity index (χ3n) is 6.57. The smallest absolute Gasteiger partial charge is 0.220 e. The van der Waals surface area contributed by atoms with Crippen molar-refractivity contribution in [1.29, 1.82) is 0 Å². The predicted molar refractivity (Wildman–Crippen MR) is 140 cm³/mol. The van der Waals surface area contributed by atoms with Crippen molar-refractivity contribution in [3.63, 3.8) is 0 Å². The van der Waals surface area contributed by atoms with Crippen LogP contribution in [0.2, 0.25) is 0 Å². The molecule has 1 amide bonds. The number of hydrogen-bond acceptors (Lipinski definition) is 2. The number of nitrogens with zero attached hydrogens (tertiary/aromatic N) is 1. The molecular weight excluding hydrogens is 435 g/mol. The summed E-state index contributed by atoms with van der Waals surface area (Å²) < 4.78 is 13.4. The normalized spacial score (nSPS) is 14.9. The van der Waals surface area contributed by atoms with Gasteiger partial charge in [0.05, 0.1) is 6.04 Å². The molecule has 1 heterocycles. The van der Waals surface area contributed by atoms with Crippen molar-refractivity contribution in [2.45, 2.75) is 31.8 Å². The van der Waals surface area contributed by atoms with E-state index in [2.05, 4.69) is 64.8 Å². The zero-order chi connectivity index (χ0) is 24.0. The lowest BCUT2D eigenvalue weighted by atomic mass is 9.93. The van der Waals surface area contributed by atoms with Gasteiger partial charge in [-0.2, -0.15) is 0 Å². The number of fused-ring (bicyclic) bond motifs is 1. The summed E-state index contributed by atoms with van der Waals surface area (Å²) in [4.78, 5) is 15.2. The molecule has 0 spiro atoms. The Morgan fingerprint density at radius 2 is 1.49 bits per heavy atom. The Morgan fingerprint density at radius 3 is 2.20 bits per heavy atom. The third-order valence-corrected chi connectivity index (χ3v) is 6.57. The molecule has 1 atom stereocenters. The van der Waals surface area contributed by atoms with Crippen LogP contribution >= 0.6 is 0 Å². The van der Waals surface area contributed by atoms with Crippen LogP contribution < -0.4 is 10.2 Å². The molecule has 176 valence electrons. The van der Waals surface area contributed by atoms with E-state index in [0.717, 1.165) is 37.1 Å². The summed E-state index contributed by atoms with van der Waals surface area (Å²) in [6.07, 6.45) is 1.98. The molecular formula is C31H29FN2O. The van der Waals surface area contributed by atoms with Crippen molar-refractivity contribution in [2.24, 2.45) is 0 Å². The largest absolute Gasteiger partial charge is 0.365 e. The quantitative estimate of drug-likeness (QED) is 0.355. The molecule has 0 aliphatic carbocycles. The number of nitrogens with one attached hydrogen (secondary N) is 1. The van der Waals surface area contributed by atoms with Gasteiger partial charge in [0, 0.05) is 25.2 Å². The van der Waals surface area contributed by atoms with E-state index in [0.29, 0.717) is 6.42 Å². The molecule has 1 N–H and O–H groups in total. The minimum Gasteiger partial charge on any atom is -0.365 e. The van der Waals surface area contributed by atoms with Crippen molar-refractivity contribution in [3.05, 3.63) is 126 Å². The van der Waals surface area contributed by atoms with Gasteiger partial charge in [0.1, 0.15) is 5.82 Å². The van der Waals surface area contributed by atoms with Crippen molar-refractivity contribution >= 4 is 11.6 Å². The van der Waals surface area contributed by atoms with E-state index in [4.69, 9.17) is 0 Å². The first-order chi connectivity index (χ1) is 17.1. The van der Waals surface area contributed by atoms with Gasteiger partial charge in [-0.15, -0.1) is 0 Å². The minimum absolute atomic E-state index is 0.0259. The lowest BCUT2D eigenvalue weighted by molar-refractivity contribution is -0.121. The second-order valence-corrected chi connectivity index (χ2v) is 9.17. The summed E-state index contributed by atoms with van der Waals surface area (Å²) in [6.45, 7) is 1.54. The Bertz CT molecular complexity index is 1270. The SMILES string of the molecule is O=C(CCc1ccccc1)NC1Cc2cc(-c3ccc(F)cc3)ccc2N(Cc2ccccc2)C1. The average Bonchev–Trinajstić information content (AvgIpc) is 2.89. The van der Waals surface area contributed by atoms with Gasteiger partial charge in [-0.1, -0.05) is 78.9 Å². The van der Waals surface area contributed by atoms with E-state index in [1.165, 1.54) is 34.5 Å². The van der Waals surface area contributed by atoms with E-state index < -0.39 is 0 Å². The van der Waals surface area contributed by atoms with E-state index in [1.54, 1.807) is 0 Å². The van der Waals surface area contributed by atoms with Gasteiger partial charge in [0.2, 0.25) is 5.91 Å². The van der Waals surface area contributed by atoms with E-state index in [-0.39, 0.29) is 17.8 Å². The maximum Gasteiger partial charge on any atom is 0.220 e. The summed E-state index contributed by atoms with van der Waals surface area (Å²) in [5.41, 5.74) is 6.83. The predicted octanol–water partition coefficient (Wildman–Crippen LogP) is 6.17. The molecule has 0 bridgehead atoms. The molecule has 0 saturated carbocycles. The first kappa shape index (κ1) is 22.9. The standard InChI is InChI=1S/C31H29FN2O/c32-28-15-12-25(13-16-28)26-14-17-30-27(19-26)20-29(22-34(30)21-24-9-5-2-6-10-24)33-31(35)18-11-23-7-3-1-4-8-23/h1-10,12-17,19,29H,11,18,20-22H2,(H,33,35). The van der Waals surface area contributed by atoms with Crippen molar-refractivity contribution in [3.8, 4) is 11.1 Å². The Morgan fingerprint density at radius 1 is 0.829 bits per heavy atom. The third kappa shape index (κ3) is 5.78. The number of carbonyl (C=O) groups excluding carboxylic acids is 1. The van der Waals surface area contributed by atoms with Gasteiger partial charge in [-0.25, -0.2) is 4.39 Å². The van der Waals surface area contributed by atoms with Crippen LogP contribution in [0, 0.1) is 5.82 Å². The molecule has 1 aliphatic heterocycles. The van der Waals surface area contributed by atoms with Crippen LogP contribution in [-0.2, 0) is 24.2 Å². The first-order valence-electron chi connectivity index (χ1n) is 12.1. The highest BCUT2D eigenvalue weighted by Gasteiger charge is 2.26. The van der Waals surface area contributed by atoms with E-state index >= 15 is 0 Å². The molecule has 0 aromatic heterocycles. The highest BCUT2D eigenvalue weighted by atomic mass is 19.1. The monoisotopic (exact) mass is 464 g/mol. The second-order valence-electron chi connectivity index (χ2n) is 9.17. The van der Waals surface area contributed by atoms with Crippen LogP contribution in [-0.4, -0.2) is 18.5 Å². The number of benzene rings is 4. The van der Waals surface area contributed by atoms with Gasteiger partial charge < -0.3 is 10.2 Å². The Hall–Kier alpha value is -3.92. The molecule has 0 fully saturated rings. The van der Waals surface area contributed by atoms with Crippen LogP contribution in [0.3, 0.4) is 0 Å². The van der Waals surface area contributed by atoms with Crippen molar-refractivity contribution in [2.75, 3.05) is 11.4 Å². The van der Waals surface area contributed by atoms with E-state index in [9.17, 15) is 9.18 Å². The number of hydrogen-bond donors (Lipinski definition) is 1. The van der Waals surface area contributed by atoms with Crippen molar-refractivity contribution < 1.29 is 9.18 Å². The van der Waals surface area contributed by atoms with E-state index in [1.807, 2.05) is 36.4 Å². The first-order valence-corrected chi connectivity index (χ1v) is 12.1. The Kier molecular flexibility index (Phi) is 6.89. The second kappa shape index (κ2) is 10.6. The van der Waals surface area contributed by atoms with Gasteiger partial charge >= 0.3 is 0 Å². The average molecular weight is 465 g/mol. The van der Waals surface area contributed by atoms with Crippen LogP contribution in [0.5, 0.6) is 0 Å². The maximum absolute atomic E-state index is 13.4. The number of aryl methyl sites for hydroxylation is 1. The topological polar surface area (TPSA) is 32.3 Å². The fourth-order valence-corrected chi connectivity index (χ4v) is 4.83. The lowest BCUT2D eigenvalue weighted by Gasteiger charge is -2.37. The summed E-state index contributed by atoms with van der Waals surface area (Å²) in [5.74, 6) is -0.157. The lowest BCUT2D eigenvalue weighted by Crippen LogP contribution is -2.48.